The van der Waals surface area contributed by atoms with Crippen LogP contribution in [-0.4, -0.2) is 52.5 Å². The molecule has 1 heterocycles. The molecule has 0 aromatic carbocycles. The van der Waals surface area contributed by atoms with Crippen LogP contribution in [0.1, 0.15) is 0 Å². The summed E-state index contributed by atoms with van der Waals surface area (Å²) in [5, 5.41) is 0. The molecule has 14 heavy (non-hydrogen) atoms. The Bertz CT molecular complexity index is 211. The van der Waals surface area contributed by atoms with Gasteiger partial charge >= 0.3 is 6.18 Å². The third-order valence-corrected chi connectivity index (χ3v) is 3.53. The molecule has 0 aromatic rings. The number of nitrogens with zero attached hydrogens (tertiary/aromatic N) is 1. The van der Waals surface area contributed by atoms with Gasteiger partial charge in [0.15, 0.2) is 0 Å². The first-order valence-electron chi connectivity index (χ1n) is 4.31. The molecule has 0 amide bonds. The van der Waals surface area contributed by atoms with E-state index < -0.39 is 29.6 Å². The zero-order valence-corrected chi connectivity index (χ0v) is 8.40. The average molecular weight is 230 g/mol. The molecule has 1 saturated heterocycles. The fraction of sp³-hybridized carbons (Fsp3) is 1.00. The molecular weight excluding hydrogens is 217 g/mol. The predicted octanol–water partition coefficient (Wildman–Crippen LogP) is -0.0597. The zero-order valence-electron chi connectivity index (χ0n) is 7.59. The van der Waals surface area contributed by atoms with E-state index in [1.807, 2.05) is 0 Å². The van der Waals surface area contributed by atoms with Crippen LogP contribution in [0.25, 0.3) is 0 Å². The van der Waals surface area contributed by atoms with Gasteiger partial charge in [0.25, 0.3) is 0 Å². The van der Waals surface area contributed by atoms with E-state index >= 15 is 0 Å². The molecule has 7 heteroatoms. The molecule has 0 saturated carbocycles. The maximum atomic E-state index is 12.4. The zero-order chi connectivity index (χ0) is 10.8. The van der Waals surface area contributed by atoms with Crippen molar-refractivity contribution in [2.45, 2.75) is 12.2 Å². The largest absolute Gasteiger partial charge is 0.405 e. The quantitative estimate of drug-likeness (QED) is 0.723. The summed E-state index contributed by atoms with van der Waals surface area (Å²) in [6.45, 7) is -0.00187. The fourth-order valence-corrected chi connectivity index (χ4v) is 2.53. The van der Waals surface area contributed by atoms with Crippen molar-refractivity contribution in [3.8, 4) is 0 Å². The van der Waals surface area contributed by atoms with Crippen LogP contribution in [0.5, 0.6) is 0 Å². The summed E-state index contributed by atoms with van der Waals surface area (Å²) in [4.78, 5) is 1.27. The number of alkyl halides is 3. The smallest absolute Gasteiger partial charge is 0.329 e. The van der Waals surface area contributed by atoms with Gasteiger partial charge in [-0.2, -0.15) is 13.2 Å². The SMILES string of the molecule is NCC(N1CCS(=O)CC1)C(F)(F)F. The Kier molecular flexibility index (Phi) is 3.91. The summed E-state index contributed by atoms with van der Waals surface area (Å²) in [6, 6.07) is -1.58. The summed E-state index contributed by atoms with van der Waals surface area (Å²) in [5.41, 5.74) is 5.09. The molecule has 1 aliphatic heterocycles. The first-order valence-corrected chi connectivity index (χ1v) is 5.79. The normalized spacial score (nSPS) is 23.7. The molecule has 3 nitrogen and oxygen atoms in total. The van der Waals surface area contributed by atoms with E-state index in [1.165, 1.54) is 4.90 Å². The number of nitrogens with two attached hydrogens (primary N) is 1. The van der Waals surface area contributed by atoms with E-state index in [0.717, 1.165) is 0 Å². The van der Waals surface area contributed by atoms with Gasteiger partial charge in [-0.15, -0.1) is 0 Å². The summed E-state index contributed by atoms with van der Waals surface area (Å²) < 4.78 is 48.2. The molecule has 1 aliphatic rings. The van der Waals surface area contributed by atoms with Crippen LogP contribution in [0, 0.1) is 0 Å². The van der Waals surface area contributed by atoms with Crippen LogP contribution in [0.4, 0.5) is 13.2 Å². The van der Waals surface area contributed by atoms with Crippen molar-refractivity contribution in [2.75, 3.05) is 31.1 Å². The molecule has 0 aliphatic carbocycles. The molecule has 0 aromatic heterocycles. The first kappa shape index (κ1) is 11.9. The third-order valence-electron chi connectivity index (χ3n) is 2.25. The Morgan fingerprint density at radius 2 is 1.86 bits per heavy atom. The van der Waals surface area contributed by atoms with Crippen LogP contribution in [0.3, 0.4) is 0 Å². The monoisotopic (exact) mass is 230 g/mol. The standard InChI is InChI=1S/C7H13F3N2OS/c8-7(9,10)6(5-11)12-1-3-14(13)4-2-12/h6H,1-5,11H2. The lowest BCUT2D eigenvalue weighted by Crippen LogP contribution is -2.54. The first-order chi connectivity index (χ1) is 6.45. The van der Waals surface area contributed by atoms with Gasteiger partial charge in [-0.3, -0.25) is 9.11 Å². The molecule has 1 fully saturated rings. The van der Waals surface area contributed by atoms with Crippen molar-refractivity contribution in [1.82, 2.24) is 4.90 Å². The molecule has 0 radical (unpaired) electrons. The lowest BCUT2D eigenvalue weighted by molar-refractivity contribution is -0.180. The summed E-state index contributed by atoms with van der Waals surface area (Å²) in [7, 11) is -0.956. The summed E-state index contributed by atoms with van der Waals surface area (Å²) in [5.74, 6) is 0.624. The van der Waals surface area contributed by atoms with Crippen LogP contribution >= 0.6 is 0 Å². The Labute approximate surface area is 82.9 Å². The van der Waals surface area contributed by atoms with Gasteiger partial charge in [0.1, 0.15) is 6.04 Å². The number of rotatable bonds is 2. The van der Waals surface area contributed by atoms with Gasteiger partial charge in [-0.1, -0.05) is 0 Å². The molecule has 1 atom stereocenters. The highest BCUT2D eigenvalue weighted by molar-refractivity contribution is 7.85. The molecule has 0 spiro atoms. The molecule has 1 rings (SSSR count). The van der Waals surface area contributed by atoms with Crippen molar-refractivity contribution < 1.29 is 17.4 Å². The van der Waals surface area contributed by atoms with E-state index in [0.29, 0.717) is 11.5 Å². The second-order valence-electron chi connectivity index (χ2n) is 3.18. The van der Waals surface area contributed by atoms with Crippen LogP contribution < -0.4 is 5.73 Å². The van der Waals surface area contributed by atoms with Crippen molar-refractivity contribution in [3.63, 3.8) is 0 Å². The maximum Gasteiger partial charge on any atom is 0.405 e. The Hall–Kier alpha value is -0.140. The Morgan fingerprint density at radius 3 is 2.21 bits per heavy atom. The molecule has 2 N–H and O–H groups in total. The van der Waals surface area contributed by atoms with Gasteiger partial charge in [0.2, 0.25) is 0 Å². The summed E-state index contributed by atoms with van der Waals surface area (Å²) >= 11 is 0. The van der Waals surface area contributed by atoms with Crippen molar-refractivity contribution >= 4 is 10.8 Å². The lowest BCUT2D eigenvalue weighted by atomic mass is 10.2. The van der Waals surface area contributed by atoms with E-state index in [-0.39, 0.29) is 13.1 Å². The fourth-order valence-electron chi connectivity index (χ4n) is 1.45. The minimum atomic E-state index is -4.28. The van der Waals surface area contributed by atoms with Gasteiger partial charge in [0.05, 0.1) is 0 Å². The van der Waals surface area contributed by atoms with E-state index in [2.05, 4.69) is 0 Å². The molecule has 84 valence electrons. The van der Waals surface area contributed by atoms with Crippen LogP contribution in [0.2, 0.25) is 0 Å². The topological polar surface area (TPSA) is 46.3 Å². The minimum absolute atomic E-state index is 0.216. The van der Waals surface area contributed by atoms with Gasteiger partial charge in [0, 0.05) is 41.9 Å². The van der Waals surface area contributed by atoms with Gasteiger partial charge in [-0.05, 0) is 0 Å². The van der Waals surface area contributed by atoms with Crippen molar-refractivity contribution in [1.29, 1.82) is 0 Å². The average Bonchev–Trinajstić information content (AvgIpc) is 2.07. The van der Waals surface area contributed by atoms with E-state index in [1.54, 1.807) is 0 Å². The molecular formula is C7H13F3N2OS. The number of halogens is 3. The highest BCUT2D eigenvalue weighted by atomic mass is 32.2. The van der Waals surface area contributed by atoms with Crippen molar-refractivity contribution in [2.24, 2.45) is 5.73 Å². The second-order valence-corrected chi connectivity index (χ2v) is 4.87. The lowest BCUT2D eigenvalue weighted by Gasteiger charge is -2.34. The van der Waals surface area contributed by atoms with Crippen molar-refractivity contribution in [3.05, 3.63) is 0 Å². The molecule has 1 unspecified atom stereocenters. The van der Waals surface area contributed by atoms with Gasteiger partial charge in [-0.25, -0.2) is 0 Å². The second kappa shape index (κ2) is 4.59. The van der Waals surface area contributed by atoms with E-state index in [4.69, 9.17) is 5.73 Å². The van der Waals surface area contributed by atoms with Crippen LogP contribution in [-0.2, 0) is 10.8 Å². The third kappa shape index (κ3) is 2.93. The maximum absolute atomic E-state index is 12.4. The molecule has 0 bridgehead atoms. The highest BCUT2D eigenvalue weighted by Gasteiger charge is 2.43. The summed E-state index contributed by atoms with van der Waals surface area (Å²) in [6.07, 6.45) is -4.28. The predicted molar refractivity (Wildman–Crippen MR) is 48.3 cm³/mol. The van der Waals surface area contributed by atoms with E-state index in [9.17, 15) is 17.4 Å². The highest BCUT2D eigenvalue weighted by Crippen LogP contribution is 2.24. The Morgan fingerprint density at radius 1 is 1.36 bits per heavy atom. The number of hydrogen-bond donors (Lipinski definition) is 1. The van der Waals surface area contributed by atoms with Gasteiger partial charge < -0.3 is 5.73 Å². The number of hydrogen-bond acceptors (Lipinski definition) is 3. The Balaban J connectivity index is 2.58. The minimum Gasteiger partial charge on any atom is -0.329 e. The van der Waals surface area contributed by atoms with Crippen LogP contribution in [0.15, 0.2) is 0 Å².